The van der Waals surface area contributed by atoms with Crippen molar-refractivity contribution in [2.75, 3.05) is 38.1 Å². The molecule has 0 spiro atoms. The molecule has 0 N–H and O–H groups in total. The number of rotatable bonds is 1. The van der Waals surface area contributed by atoms with E-state index in [1.807, 2.05) is 6.07 Å². The van der Waals surface area contributed by atoms with Crippen LogP contribution in [0.25, 0.3) is 0 Å². The third-order valence-electron chi connectivity index (χ3n) is 2.39. The Morgan fingerprint density at radius 2 is 2.00 bits per heavy atom. The fourth-order valence-corrected chi connectivity index (χ4v) is 1.51. The second-order valence-electron chi connectivity index (χ2n) is 3.36. The van der Waals surface area contributed by atoms with Crippen molar-refractivity contribution < 1.29 is 0 Å². The SMILES string of the molecule is CN1CCN(c2ccncn2)CC1. The number of anilines is 1. The lowest BCUT2D eigenvalue weighted by Gasteiger charge is -2.32. The summed E-state index contributed by atoms with van der Waals surface area (Å²) in [4.78, 5) is 12.8. The first-order chi connectivity index (χ1) is 6.36. The molecular weight excluding hydrogens is 164 g/mol. The molecule has 1 aliphatic heterocycles. The molecule has 13 heavy (non-hydrogen) atoms. The molecule has 0 radical (unpaired) electrons. The minimum Gasteiger partial charge on any atom is -0.354 e. The van der Waals surface area contributed by atoms with Gasteiger partial charge in [0.15, 0.2) is 0 Å². The van der Waals surface area contributed by atoms with Crippen molar-refractivity contribution >= 4 is 5.82 Å². The molecule has 0 saturated carbocycles. The van der Waals surface area contributed by atoms with Crippen LogP contribution in [0.15, 0.2) is 18.6 Å². The van der Waals surface area contributed by atoms with Crippen LogP contribution in [0.1, 0.15) is 0 Å². The third-order valence-corrected chi connectivity index (χ3v) is 2.39. The summed E-state index contributed by atoms with van der Waals surface area (Å²) in [6.07, 6.45) is 3.40. The van der Waals surface area contributed by atoms with Gasteiger partial charge in [0.05, 0.1) is 0 Å². The van der Waals surface area contributed by atoms with E-state index in [1.165, 1.54) is 0 Å². The standard InChI is InChI=1S/C9H14N4/c1-12-4-6-13(7-5-12)9-2-3-10-8-11-9/h2-3,8H,4-7H2,1H3. The van der Waals surface area contributed by atoms with Gasteiger partial charge in [0.25, 0.3) is 0 Å². The average molecular weight is 178 g/mol. The quantitative estimate of drug-likeness (QED) is 0.616. The van der Waals surface area contributed by atoms with Crippen LogP contribution in [0, 0.1) is 0 Å². The number of hydrogen-bond donors (Lipinski definition) is 0. The van der Waals surface area contributed by atoms with Gasteiger partial charge in [-0.1, -0.05) is 0 Å². The zero-order valence-electron chi connectivity index (χ0n) is 7.85. The lowest BCUT2D eigenvalue weighted by Crippen LogP contribution is -2.44. The van der Waals surface area contributed by atoms with Crippen molar-refractivity contribution in [2.24, 2.45) is 0 Å². The number of hydrogen-bond acceptors (Lipinski definition) is 4. The first-order valence-electron chi connectivity index (χ1n) is 4.56. The Labute approximate surface area is 78.2 Å². The minimum atomic E-state index is 1.04. The van der Waals surface area contributed by atoms with Crippen LogP contribution in [0.5, 0.6) is 0 Å². The molecule has 1 aliphatic rings. The maximum atomic E-state index is 4.22. The highest BCUT2D eigenvalue weighted by atomic mass is 15.3. The van der Waals surface area contributed by atoms with E-state index in [2.05, 4.69) is 26.8 Å². The molecule has 0 aromatic carbocycles. The van der Waals surface area contributed by atoms with E-state index in [0.717, 1.165) is 32.0 Å². The highest BCUT2D eigenvalue weighted by molar-refractivity contribution is 5.36. The molecule has 0 amide bonds. The van der Waals surface area contributed by atoms with E-state index in [-0.39, 0.29) is 0 Å². The minimum absolute atomic E-state index is 1.04. The average Bonchev–Trinajstić information content (AvgIpc) is 2.20. The molecule has 1 aromatic rings. The highest BCUT2D eigenvalue weighted by Gasteiger charge is 2.14. The Morgan fingerprint density at radius 1 is 1.23 bits per heavy atom. The van der Waals surface area contributed by atoms with Crippen LogP contribution in [-0.4, -0.2) is 48.1 Å². The van der Waals surface area contributed by atoms with E-state index in [4.69, 9.17) is 0 Å². The van der Waals surface area contributed by atoms with Crippen LogP contribution in [0.2, 0.25) is 0 Å². The number of aromatic nitrogens is 2. The van der Waals surface area contributed by atoms with Crippen molar-refractivity contribution in [2.45, 2.75) is 0 Å². The number of piperazine rings is 1. The summed E-state index contributed by atoms with van der Waals surface area (Å²) in [7, 11) is 2.15. The van der Waals surface area contributed by atoms with Crippen molar-refractivity contribution in [3.63, 3.8) is 0 Å². The van der Waals surface area contributed by atoms with Crippen LogP contribution < -0.4 is 4.90 Å². The second-order valence-corrected chi connectivity index (χ2v) is 3.36. The third kappa shape index (κ3) is 1.95. The monoisotopic (exact) mass is 178 g/mol. The Morgan fingerprint density at radius 3 is 2.62 bits per heavy atom. The predicted molar refractivity (Wildman–Crippen MR) is 51.7 cm³/mol. The highest BCUT2D eigenvalue weighted by Crippen LogP contribution is 2.10. The molecule has 70 valence electrons. The normalized spacial score (nSPS) is 19.0. The van der Waals surface area contributed by atoms with E-state index >= 15 is 0 Å². The molecule has 1 saturated heterocycles. The summed E-state index contributed by atoms with van der Waals surface area (Å²) in [5.41, 5.74) is 0. The van der Waals surface area contributed by atoms with Gasteiger partial charge in [0.1, 0.15) is 12.1 Å². The van der Waals surface area contributed by atoms with Gasteiger partial charge in [-0.15, -0.1) is 0 Å². The zero-order valence-corrected chi connectivity index (χ0v) is 7.85. The van der Waals surface area contributed by atoms with E-state index < -0.39 is 0 Å². The van der Waals surface area contributed by atoms with E-state index in [9.17, 15) is 0 Å². The van der Waals surface area contributed by atoms with Gasteiger partial charge < -0.3 is 9.80 Å². The molecule has 1 aromatic heterocycles. The summed E-state index contributed by atoms with van der Waals surface area (Å²) in [6, 6.07) is 1.96. The summed E-state index contributed by atoms with van der Waals surface area (Å²) in [5.74, 6) is 1.04. The molecule has 0 unspecified atom stereocenters. The molecule has 0 aliphatic carbocycles. The number of likely N-dealkylation sites (N-methyl/N-ethyl adjacent to an activating group) is 1. The van der Waals surface area contributed by atoms with Crippen molar-refractivity contribution in [1.82, 2.24) is 14.9 Å². The first-order valence-corrected chi connectivity index (χ1v) is 4.56. The smallest absolute Gasteiger partial charge is 0.131 e. The van der Waals surface area contributed by atoms with Crippen LogP contribution in [0.4, 0.5) is 5.82 Å². The van der Waals surface area contributed by atoms with Crippen LogP contribution >= 0.6 is 0 Å². The van der Waals surface area contributed by atoms with Crippen molar-refractivity contribution in [3.8, 4) is 0 Å². The topological polar surface area (TPSA) is 32.3 Å². The van der Waals surface area contributed by atoms with Gasteiger partial charge in [-0.3, -0.25) is 0 Å². The fourth-order valence-electron chi connectivity index (χ4n) is 1.51. The van der Waals surface area contributed by atoms with Gasteiger partial charge in [-0.2, -0.15) is 0 Å². The van der Waals surface area contributed by atoms with Crippen LogP contribution in [0.3, 0.4) is 0 Å². The molecule has 4 heteroatoms. The van der Waals surface area contributed by atoms with Crippen molar-refractivity contribution in [1.29, 1.82) is 0 Å². The summed E-state index contributed by atoms with van der Waals surface area (Å²) < 4.78 is 0. The Balaban J connectivity index is 2.03. The molecular formula is C9H14N4. The lowest BCUT2D eigenvalue weighted by molar-refractivity contribution is 0.312. The van der Waals surface area contributed by atoms with E-state index in [0.29, 0.717) is 0 Å². The molecule has 2 heterocycles. The zero-order chi connectivity index (χ0) is 9.10. The predicted octanol–water partition coefficient (Wildman–Crippen LogP) is 0.228. The number of nitrogens with zero attached hydrogens (tertiary/aromatic N) is 4. The largest absolute Gasteiger partial charge is 0.354 e. The Bertz CT molecular complexity index is 254. The van der Waals surface area contributed by atoms with Gasteiger partial charge in [-0.05, 0) is 13.1 Å². The van der Waals surface area contributed by atoms with Gasteiger partial charge >= 0.3 is 0 Å². The second kappa shape index (κ2) is 3.70. The first kappa shape index (κ1) is 8.44. The van der Waals surface area contributed by atoms with Crippen molar-refractivity contribution in [3.05, 3.63) is 18.6 Å². The molecule has 0 atom stereocenters. The molecule has 4 nitrogen and oxygen atoms in total. The molecule has 0 bridgehead atoms. The van der Waals surface area contributed by atoms with E-state index in [1.54, 1.807) is 12.5 Å². The summed E-state index contributed by atoms with van der Waals surface area (Å²) in [5, 5.41) is 0. The Kier molecular flexibility index (Phi) is 2.40. The maximum Gasteiger partial charge on any atom is 0.131 e. The maximum absolute atomic E-state index is 4.22. The Hall–Kier alpha value is -1.16. The van der Waals surface area contributed by atoms with Gasteiger partial charge in [-0.25, -0.2) is 9.97 Å². The molecule has 1 fully saturated rings. The van der Waals surface area contributed by atoms with Gasteiger partial charge in [0, 0.05) is 32.4 Å². The molecule has 2 rings (SSSR count). The van der Waals surface area contributed by atoms with Gasteiger partial charge in [0.2, 0.25) is 0 Å². The fraction of sp³-hybridized carbons (Fsp3) is 0.556. The summed E-state index contributed by atoms with van der Waals surface area (Å²) in [6.45, 7) is 4.36. The lowest BCUT2D eigenvalue weighted by atomic mass is 10.3. The van der Waals surface area contributed by atoms with Crippen LogP contribution in [-0.2, 0) is 0 Å². The summed E-state index contributed by atoms with van der Waals surface area (Å²) >= 11 is 0.